The molecule has 0 aliphatic carbocycles. The fourth-order valence-corrected chi connectivity index (χ4v) is 3.13. The first kappa shape index (κ1) is 19.8. The van der Waals surface area contributed by atoms with Gasteiger partial charge in [-0.05, 0) is 12.1 Å². The summed E-state index contributed by atoms with van der Waals surface area (Å²) in [6, 6.07) is 3.93. The van der Waals surface area contributed by atoms with Gasteiger partial charge >= 0.3 is 0 Å². The molecule has 1 aromatic carbocycles. The maximum atomic E-state index is 12.1. The number of fused-ring (bicyclic) bond motifs is 1. The zero-order valence-electron chi connectivity index (χ0n) is 15.2. The molecule has 0 saturated carbocycles. The predicted molar refractivity (Wildman–Crippen MR) is 102 cm³/mol. The topological polar surface area (TPSA) is 198 Å². The van der Waals surface area contributed by atoms with Gasteiger partial charge in [0.1, 0.15) is 29.8 Å². The fourth-order valence-electron chi connectivity index (χ4n) is 3.13. The molecule has 30 heavy (non-hydrogen) atoms. The Bertz CT molecular complexity index is 1160. The Labute approximate surface area is 167 Å². The largest absolute Gasteiger partial charge is 0.508 e. The number of hydrazone groups is 1. The van der Waals surface area contributed by atoms with Crippen molar-refractivity contribution in [1.29, 1.82) is 0 Å². The lowest BCUT2D eigenvalue weighted by Crippen LogP contribution is -2.33. The van der Waals surface area contributed by atoms with E-state index in [0.717, 1.165) is 12.4 Å². The molecule has 4 rings (SSSR count). The molecule has 3 heterocycles. The number of imidazole rings is 1. The number of nitrogens with one attached hydrogen (secondary N) is 2. The van der Waals surface area contributed by atoms with Crippen molar-refractivity contribution in [2.24, 2.45) is 5.10 Å². The number of aliphatic hydroxyl groups excluding tert-OH is 3. The van der Waals surface area contributed by atoms with Crippen LogP contribution in [0.25, 0.3) is 11.2 Å². The Morgan fingerprint density at radius 2 is 2.10 bits per heavy atom. The molecule has 0 spiro atoms. The van der Waals surface area contributed by atoms with Crippen LogP contribution in [0.5, 0.6) is 11.5 Å². The van der Waals surface area contributed by atoms with Crippen molar-refractivity contribution in [3.63, 3.8) is 0 Å². The van der Waals surface area contributed by atoms with Gasteiger partial charge in [0.05, 0.1) is 19.1 Å². The lowest BCUT2D eigenvalue weighted by atomic mass is 10.1. The van der Waals surface area contributed by atoms with E-state index in [4.69, 9.17) is 4.74 Å². The highest BCUT2D eigenvalue weighted by atomic mass is 16.6. The summed E-state index contributed by atoms with van der Waals surface area (Å²) in [7, 11) is 0. The Morgan fingerprint density at radius 1 is 1.30 bits per heavy atom. The number of hydrogen-bond acceptors (Lipinski definition) is 11. The molecule has 158 valence electrons. The highest BCUT2D eigenvalue weighted by Crippen LogP contribution is 2.33. The summed E-state index contributed by atoms with van der Waals surface area (Å²) >= 11 is 0. The molecule has 4 atom stereocenters. The van der Waals surface area contributed by atoms with E-state index in [9.17, 15) is 30.3 Å². The Balaban J connectivity index is 1.73. The third kappa shape index (κ3) is 3.35. The summed E-state index contributed by atoms with van der Waals surface area (Å²) in [6.45, 7) is -0.531. The van der Waals surface area contributed by atoms with E-state index in [-0.39, 0.29) is 34.2 Å². The van der Waals surface area contributed by atoms with Gasteiger partial charge in [-0.25, -0.2) is 15.4 Å². The second-order valence-electron chi connectivity index (χ2n) is 6.55. The van der Waals surface area contributed by atoms with Crippen LogP contribution in [0.2, 0.25) is 0 Å². The summed E-state index contributed by atoms with van der Waals surface area (Å²) in [4.78, 5) is 22.7. The highest BCUT2D eigenvalue weighted by molar-refractivity contribution is 5.84. The average molecular weight is 418 g/mol. The fraction of sp³-hybridized carbons (Fsp3) is 0.294. The van der Waals surface area contributed by atoms with Crippen LogP contribution < -0.4 is 11.0 Å². The van der Waals surface area contributed by atoms with Crippen LogP contribution in [-0.4, -0.2) is 76.2 Å². The number of anilines is 1. The van der Waals surface area contributed by atoms with Crippen molar-refractivity contribution in [3.8, 4) is 11.5 Å². The average Bonchev–Trinajstić information content (AvgIpc) is 3.22. The third-order valence-corrected chi connectivity index (χ3v) is 4.64. The first-order valence-electron chi connectivity index (χ1n) is 8.80. The van der Waals surface area contributed by atoms with Crippen molar-refractivity contribution in [2.45, 2.75) is 24.5 Å². The van der Waals surface area contributed by atoms with E-state index in [1.54, 1.807) is 0 Å². The minimum absolute atomic E-state index is 0.0430. The van der Waals surface area contributed by atoms with Crippen LogP contribution in [0, 0.1) is 0 Å². The molecule has 0 unspecified atom stereocenters. The predicted octanol–water partition coefficient (Wildman–Crippen LogP) is -1.41. The molecule has 1 saturated heterocycles. The summed E-state index contributed by atoms with van der Waals surface area (Å²) in [5.74, 6) is -0.372. The highest BCUT2D eigenvalue weighted by Gasteiger charge is 2.45. The number of aromatic hydroxyl groups is 2. The van der Waals surface area contributed by atoms with Gasteiger partial charge in [-0.3, -0.25) is 9.36 Å². The second-order valence-corrected chi connectivity index (χ2v) is 6.55. The first-order chi connectivity index (χ1) is 14.4. The number of aromatic nitrogens is 4. The zero-order chi connectivity index (χ0) is 21.4. The van der Waals surface area contributed by atoms with Gasteiger partial charge in [0.15, 0.2) is 17.4 Å². The molecule has 0 amide bonds. The molecule has 7 N–H and O–H groups in total. The van der Waals surface area contributed by atoms with Gasteiger partial charge in [-0.2, -0.15) is 5.10 Å². The van der Waals surface area contributed by atoms with Crippen LogP contribution in [-0.2, 0) is 4.74 Å². The smallest absolute Gasteiger partial charge is 0.278 e. The van der Waals surface area contributed by atoms with Crippen LogP contribution in [0.15, 0.2) is 34.4 Å². The molecule has 1 aliphatic heterocycles. The quantitative estimate of drug-likeness (QED) is 0.191. The van der Waals surface area contributed by atoms with Crippen LogP contribution in [0.1, 0.15) is 11.8 Å². The molecule has 2 aromatic heterocycles. The maximum Gasteiger partial charge on any atom is 0.278 e. The van der Waals surface area contributed by atoms with Crippen molar-refractivity contribution >= 4 is 23.3 Å². The molecule has 13 nitrogen and oxygen atoms in total. The molecular formula is C17H18N6O7. The molecule has 0 bridgehead atoms. The summed E-state index contributed by atoms with van der Waals surface area (Å²) < 4.78 is 6.76. The number of aromatic amines is 1. The van der Waals surface area contributed by atoms with Gasteiger partial charge in [0, 0.05) is 11.6 Å². The molecular weight excluding hydrogens is 400 g/mol. The number of benzene rings is 1. The second kappa shape index (κ2) is 7.72. The minimum Gasteiger partial charge on any atom is -0.508 e. The van der Waals surface area contributed by atoms with Crippen molar-refractivity contribution < 1.29 is 30.3 Å². The lowest BCUT2D eigenvalue weighted by molar-refractivity contribution is -0.0501. The SMILES string of the molecule is O=c1[nH]cnc2c1nc(N/N=C/c1ccc(O)cc1O)n2[C@@H]1O[C@H](CO)[C@@H](O)[C@H]1O. The molecule has 1 fully saturated rings. The lowest BCUT2D eigenvalue weighted by Gasteiger charge is -2.18. The monoisotopic (exact) mass is 418 g/mol. The summed E-state index contributed by atoms with van der Waals surface area (Å²) in [6.07, 6.45) is -2.68. The maximum absolute atomic E-state index is 12.1. The summed E-state index contributed by atoms with van der Waals surface area (Å²) in [5, 5.41) is 52.9. The number of aliphatic hydroxyl groups is 3. The molecule has 3 aromatic rings. The first-order valence-corrected chi connectivity index (χ1v) is 8.80. The van der Waals surface area contributed by atoms with E-state index >= 15 is 0 Å². The Kier molecular flexibility index (Phi) is 5.09. The van der Waals surface area contributed by atoms with E-state index in [1.165, 1.54) is 22.9 Å². The van der Waals surface area contributed by atoms with Gasteiger partial charge < -0.3 is 35.3 Å². The number of phenolic OH excluding ortho intramolecular Hbond substituents is 2. The van der Waals surface area contributed by atoms with Gasteiger partial charge in [0.2, 0.25) is 5.95 Å². The molecule has 1 aliphatic rings. The number of nitrogens with zero attached hydrogens (tertiary/aromatic N) is 4. The van der Waals surface area contributed by atoms with Crippen LogP contribution in [0.3, 0.4) is 0 Å². The molecule has 0 radical (unpaired) electrons. The third-order valence-electron chi connectivity index (χ3n) is 4.64. The van der Waals surface area contributed by atoms with Crippen molar-refractivity contribution in [3.05, 3.63) is 40.4 Å². The van der Waals surface area contributed by atoms with Crippen molar-refractivity contribution in [1.82, 2.24) is 19.5 Å². The van der Waals surface area contributed by atoms with Crippen LogP contribution in [0.4, 0.5) is 5.95 Å². The van der Waals surface area contributed by atoms with E-state index < -0.39 is 36.7 Å². The number of hydrogen-bond donors (Lipinski definition) is 7. The van der Waals surface area contributed by atoms with Crippen LogP contribution >= 0.6 is 0 Å². The van der Waals surface area contributed by atoms with Gasteiger partial charge in [0.25, 0.3) is 5.56 Å². The van der Waals surface area contributed by atoms with Gasteiger partial charge in [-0.1, -0.05) is 0 Å². The van der Waals surface area contributed by atoms with E-state index in [2.05, 4.69) is 25.5 Å². The minimum atomic E-state index is -1.44. The number of H-pyrrole nitrogens is 1. The summed E-state index contributed by atoms with van der Waals surface area (Å²) in [5.41, 5.74) is 2.31. The standard InChI is InChI=1S/C17H18N6O7/c24-5-10-12(27)13(28)16(30-10)23-14-11(15(29)19-6-18-14)21-17(23)22-20-4-7-1-2-8(25)3-9(7)26/h1-4,6,10,12-13,16,24-28H,5H2,(H,21,22)(H,18,19,29)/b20-4+/t10-,12-,13-,16-/m1/s1. The zero-order valence-corrected chi connectivity index (χ0v) is 15.2. The van der Waals surface area contributed by atoms with E-state index in [1.807, 2.05) is 0 Å². The normalized spacial score (nSPS) is 24.1. The van der Waals surface area contributed by atoms with E-state index in [0.29, 0.717) is 0 Å². The molecule has 13 heteroatoms. The van der Waals surface area contributed by atoms with Crippen molar-refractivity contribution in [2.75, 3.05) is 12.0 Å². The number of rotatable bonds is 5. The number of phenols is 2. The van der Waals surface area contributed by atoms with Gasteiger partial charge in [-0.15, -0.1) is 0 Å². The number of ether oxygens (including phenoxy) is 1. The Morgan fingerprint density at radius 3 is 2.80 bits per heavy atom. The Hall–Kier alpha value is -3.52.